The number of unbranched alkanes of at least 4 members (excludes halogenated alkanes) is 15. The summed E-state index contributed by atoms with van der Waals surface area (Å²) in [5, 5.41) is 20.8. The van der Waals surface area contributed by atoms with E-state index in [0.29, 0.717) is 36.7 Å². The summed E-state index contributed by atoms with van der Waals surface area (Å²) >= 11 is 0. The van der Waals surface area contributed by atoms with Crippen LogP contribution < -0.4 is 0 Å². The van der Waals surface area contributed by atoms with Crippen molar-refractivity contribution < 1.29 is 57.1 Å². The van der Waals surface area contributed by atoms with Crippen molar-refractivity contribution >= 4 is 25.5 Å². The number of carbonyl (C=O) groups excluding carboxylic acids is 3. The molecule has 0 aromatic heterocycles. The van der Waals surface area contributed by atoms with Gasteiger partial charge in [-0.2, -0.15) is 0 Å². The molecule has 0 radical (unpaired) electrons. The monoisotopic (exact) mass is 885 g/mol. The van der Waals surface area contributed by atoms with Crippen LogP contribution in [0.5, 0.6) is 0 Å². The Hall–Kier alpha value is -2.18. The molecule has 0 aliphatic heterocycles. The van der Waals surface area contributed by atoms with Gasteiger partial charge in [-0.05, 0) is 63.7 Å². The summed E-state index contributed by atoms with van der Waals surface area (Å²) in [4.78, 5) is 48.2. The second-order valence-electron chi connectivity index (χ2n) is 17.9. The summed E-state index contributed by atoms with van der Waals surface area (Å²) in [7, 11) is 1.34. The Morgan fingerprint density at radius 2 is 1.34 bits per heavy atom. The molecule has 0 spiro atoms. The summed E-state index contributed by atoms with van der Waals surface area (Å²) in [6.45, 7) is 4.02. The van der Waals surface area contributed by atoms with E-state index < -0.39 is 44.7 Å². The van der Waals surface area contributed by atoms with E-state index in [9.17, 15) is 34.1 Å². The number of ketones is 1. The van der Waals surface area contributed by atoms with Crippen LogP contribution >= 0.6 is 7.82 Å². The number of aliphatic hydroxyl groups excluding tert-OH is 2. The van der Waals surface area contributed by atoms with E-state index in [0.717, 1.165) is 77.0 Å². The lowest BCUT2D eigenvalue weighted by molar-refractivity contribution is -0.870. The number of Topliss-reactive ketones (excluding diaryl/α,β-unsaturated/α-hetero) is 1. The highest BCUT2D eigenvalue weighted by molar-refractivity contribution is 7.47. The van der Waals surface area contributed by atoms with E-state index in [-0.39, 0.29) is 50.1 Å². The second-order valence-corrected chi connectivity index (χ2v) is 19.4. The topological polar surface area (TPSA) is 166 Å². The van der Waals surface area contributed by atoms with Crippen LogP contribution in [0.3, 0.4) is 0 Å². The molecular weight excluding hydrogens is 797 g/mol. The fourth-order valence-electron chi connectivity index (χ4n) is 7.24. The van der Waals surface area contributed by atoms with Crippen LogP contribution in [-0.4, -0.2) is 103 Å². The van der Waals surface area contributed by atoms with Crippen LogP contribution in [0.25, 0.3) is 0 Å². The van der Waals surface area contributed by atoms with E-state index in [1.165, 1.54) is 38.5 Å². The molecule has 0 bridgehead atoms. The molecule has 1 rings (SSSR count). The Bertz CT molecular complexity index is 1300. The molecule has 354 valence electrons. The van der Waals surface area contributed by atoms with Crippen LogP contribution in [0, 0.1) is 11.8 Å². The molecule has 0 aromatic carbocycles. The molecule has 6 atom stereocenters. The van der Waals surface area contributed by atoms with E-state index >= 15 is 0 Å². The molecule has 1 unspecified atom stereocenters. The van der Waals surface area contributed by atoms with Crippen molar-refractivity contribution in [2.45, 2.75) is 193 Å². The van der Waals surface area contributed by atoms with Crippen molar-refractivity contribution in [2.75, 3.05) is 47.5 Å². The number of rotatable bonds is 39. The molecule has 1 saturated carbocycles. The van der Waals surface area contributed by atoms with Crippen molar-refractivity contribution in [1.82, 2.24) is 0 Å². The Kier molecular flexibility index (Phi) is 32.8. The first-order valence-electron chi connectivity index (χ1n) is 23.8. The molecule has 1 aliphatic rings. The van der Waals surface area contributed by atoms with Crippen LogP contribution in [-0.2, 0) is 37.5 Å². The lowest BCUT2D eigenvalue weighted by Crippen LogP contribution is -2.37. The van der Waals surface area contributed by atoms with Gasteiger partial charge in [0.25, 0.3) is 0 Å². The van der Waals surface area contributed by atoms with Crippen molar-refractivity contribution in [3.63, 3.8) is 0 Å². The molecule has 0 amide bonds. The third kappa shape index (κ3) is 32.2. The van der Waals surface area contributed by atoms with Crippen molar-refractivity contribution in [2.24, 2.45) is 11.8 Å². The zero-order chi connectivity index (χ0) is 45.2. The highest BCUT2D eigenvalue weighted by Gasteiger charge is 2.39. The summed E-state index contributed by atoms with van der Waals surface area (Å²) < 4.78 is 34.3. The molecule has 1 aliphatic carbocycles. The van der Waals surface area contributed by atoms with Crippen molar-refractivity contribution in [1.29, 1.82) is 0 Å². The molecule has 61 heavy (non-hydrogen) atoms. The predicted octanol–water partition coefficient (Wildman–Crippen LogP) is 10.3. The summed E-state index contributed by atoms with van der Waals surface area (Å²) in [5.74, 6) is -1.52. The van der Waals surface area contributed by atoms with E-state index in [1.54, 1.807) is 12.2 Å². The van der Waals surface area contributed by atoms with Gasteiger partial charge >= 0.3 is 19.8 Å². The van der Waals surface area contributed by atoms with Crippen molar-refractivity contribution in [3.8, 4) is 0 Å². The number of esters is 2. The number of nitrogens with zero attached hydrogens (tertiary/aromatic N) is 1. The minimum absolute atomic E-state index is 0.00763. The average Bonchev–Trinajstić information content (AvgIpc) is 3.47. The van der Waals surface area contributed by atoms with Crippen molar-refractivity contribution in [3.05, 3.63) is 36.5 Å². The molecule has 12 nitrogen and oxygen atoms in total. The number of allylic oxidation sites excluding steroid dienone is 5. The zero-order valence-corrected chi connectivity index (χ0v) is 39.8. The number of ether oxygens (including phenoxy) is 2. The molecule has 0 heterocycles. The lowest BCUT2D eigenvalue weighted by Gasteiger charge is -2.24. The normalized spacial score (nSPS) is 19.3. The Balaban J connectivity index is 2.44. The zero-order valence-electron chi connectivity index (χ0n) is 38.9. The van der Waals surface area contributed by atoms with E-state index in [4.69, 9.17) is 18.5 Å². The quantitative estimate of drug-likeness (QED) is 0.0177. The van der Waals surface area contributed by atoms with Gasteiger partial charge in [-0.25, -0.2) is 4.57 Å². The van der Waals surface area contributed by atoms with Gasteiger partial charge in [-0.1, -0.05) is 134 Å². The van der Waals surface area contributed by atoms with Gasteiger partial charge in [0, 0.05) is 25.2 Å². The summed E-state index contributed by atoms with van der Waals surface area (Å²) in [6, 6.07) is 0. The number of hydrogen-bond acceptors (Lipinski definition) is 10. The fraction of sp³-hybridized carbons (Fsp3) is 0.812. The number of hydrogen-bond donors (Lipinski definition) is 3. The highest BCUT2D eigenvalue weighted by atomic mass is 31.2. The van der Waals surface area contributed by atoms with Gasteiger partial charge in [0.05, 0.1) is 40.0 Å². The first kappa shape index (κ1) is 56.8. The number of aliphatic hydroxyl groups is 2. The number of likely N-dealkylation sites (N-methyl/N-ethyl adjacent to an activating group) is 1. The first-order chi connectivity index (χ1) is 29.2. The molecule has 13 heteroatoms. The Labute approximate surface area is 370 Å². The molecule has 3 N–H and O–H groups in total. The second kappa shape index (κ2) is 35.2. The number of quaternary nitrogens is 1. The largest absolute Gasteiger partial charge is 0.472 e. The SMILES string of the molecule is CCCCC/C=C\C/C=C\CCCCCCCCCC(=O)O[C@H](COC(=O)CCCCCC[C@H]1[C@@H](O)CC(=O)[C@@H]1/C=C/[C@@H](O)CCCCC)COP(=O)(O)OCC[N+](C)(C)C. The third-order valence-electron chi connectivity index (χ3n) is 11.0. The van der Waals surface area contributed by atoms with E-state index in [2.05, 4.69) is 38.2 Å². The predicted molar refractivity (Wildman–Crippen MR) is 244 cm³/mol. The van der Waals surface area contributed by atoms with E-state index in [1.807, 2.05) is 21.1 Å². The van der Waals surface area contributed by atoms with Crippen LogP contribution in [0.1, 0.15) is 174 Å². The van der Waals surface area contributed by atoms with Crippen LogP contribution in [0.4, 0.5) is 0 Å². The maximum Gasteiger partial charge on any atom is 0.472 e. The van der Waals surface area contributed by atoms with Gasteiger partial charge in [0.15, 0.2) is 6.10 Å². The fourth-order valence-corrected chi connectivity index (χ4v) is 7.98. The first-order valence-corrected chi connectivity index (χ1v) is 25.3. The van der Waals surface area contributed by atoms with Gasteiger partial charge in [0.2, 0.25) is 0 Å². The summed E-state index contributed by atoms with van der Waals surface area (Å²) in [6.07, 6.45) is 32.3. The number of carbonyl (C=O) groups is 3. The molecule has 0 aromatic rings. The van der Waals surface area contributed by atoms with Gasteiger partial charge in [-0.15, -0.1) is 0 Å². The molecular formula is C48H87NO11P+. The van der Waals surface area contributed by atoms with Gasteiger partial charge < -0.3 is 29.1 Å². The molecule has 0 saturated heterocycles. The van der Waals surface area contributed by atoms with Gasteiger partial charge in [0.1, 0.15) is 25.5 Å². The van der Waals surface area contributed by atoms with Crippen LogP contribution in [0.15, 0.2) is 36.5 Å². The smallest absolute Gasteiger partial charge is 0.462 e. The Morgan fingerprint density at radius 1 is 0.770 bits per heavy atom. The van der Waals surface area contributed by atoms with Gasteiger partial charge in [-0.3, -0.25) is 23.4 Å². The number of phosphoric acid groups is 1. The number of phosphoric ester groups is 1. The van der Waals surface area contributed by atoms with Crippen LogP contribution in [0.2, 0.25) is 0 Å². The highest BCUT2D eigenvalue weighted by Crippen LogP contribution is 2.43. The summed E-state index contributed by atoms with van der Waals surface area (Å²) in [5.41, 5.74) is 0. The third-order valence-corrected chi connectivity index (χ3v) is 12.0. The lowest BCUT2D eigenvalue weighted by atomic mass is 9.88. The maximum absolute atomic E-state index is 12.8. The minimum Gasteiger partial charge on any atom is -0.462 e. The minimum atomic E-state index is -4.44. The maximum atomic E-state index is 12.8. The standard InChI is InChI=1S/C48H86NO11P/c1-6-8-10-11-12-13-14-15-16-17-18-19-20-21-22-23-29-33-48(54)60-42(40-59-61(55,56)58-37-36-49(3,4)5)39-57-47(53)32-28-25-24-27-31-43-44(46(52)38-45(43)51)35-34-41(50)30-26-9-7-2/h12-13,15-16,34-35,41-45,50-51H,6-11,14,17-33,36-40H2,1-5H3/p+1/b13-12-,16-15-,35-34+/t41-,42+,43+,44+,45-/m0/s1. The average molecular weight is 885 g/mol. The Morgan fingerprint density at radius 3 is 1.98 bits per heavy atom. The molecule has 1 fully saturated rings.